The molecular formula is C23H28N2O3. The van der Waals surface area contributed by atoms with Crippen LogP contribution < -0.4 is 5.32 Å². The molecule has 5 nitrogen and oxygen atoms in total. The molecular weight excluding hydrogens is 352 g/mol. The third kappa shape index (κ3) is 4.98. The van der Waals surface area contributed by atoms with Gasteiger partial charge in [0.25, 0.3) is 5.91 Å². The number of rotatable bonds is 4. The lowest BCUT2D eigenvalue weighted by molar-refractivity contribution is -0.137. The van der Waals surface area contributed by atoms with Crippen molar-refractivity contribution in [2.75, 3.05) is 26.2 Å². The van der Waals surface area contributed by atoms with E-state index in [0.29, 0.717) is 25.3 Å². The van der Waals surface area contributed by atoms with Gasteiger partial charge in [-0.3, -0.25) is 9.59 Å². The van der Waals surface area contributed by atoms with Crippen LogP contribution in [-0.2, 0) is 14.9 Å². The lowest BCUT2D eigenvalue weighted by Crippen LogP contribution is -2.46. The van der Waals surface area contributed by atoms with Crippen LogP contribution in [0.2, 0.25) is 0 Å². The van der Waals surface area contributed by atoms with Gasteiger partial charge in [0, 0.05) is 12.1 Å². The summed E-state index contributed by atoms with van der Waals surface area (Å²) in [6.45, 7) is 7.91. The van der Waals surface area contributed by atoms with Crippen molar-refractivity contribution in [1.29, 1.82) is 0 Å². The molecule has 0 saturated carbocycles. The van der Waals surface area contributed by atoms with E-state index in [1.165, 1.54) is 5.56 Å². The largest absolute Gasteiger partial charge is 0.370 e. The molecule has 1 saturated heterocycles. The Morgan fingerprint density at radius 3 is 2.39 bits per heavy atom. The zero-order valence-corrected chi connectivity index (χ0v) is 16.8. The van der Waals surface area contributed by atoms with E-state index in [1.807, 2.05) is 42.5 Å². The summed E-state index contributed by atoms with van der Waals surface area (Å²) in [7, 11) is 0. The smallest absolute Gasteiger partial charge is 0.251 e. The molecule has 0 aromatic heterocycles. The minimum Gasteiger partial charge on any atom is -0.370 e. The van der Waals surface area contributed by atoms with Crippen molar-refractivity contribution in [3.05, 3.63) is 71.3 Å². The number of nitrogens with one attached hydrogen (secondary N) is 1. The van der Waals surface area contributed by atoms with Crippen molar-refractivity contribution >= 4 is 11.8 Å². The second kappa shape index (κ2) is 8.57. The lowest BCUT2D eigenvalue weighted by atomic mass is 9.87. The van der Waals surface area contributed by atoms with Crippen LogP contribution in [0, 0.1) is 0 Å². The summed E-state index contributed by atoms with van der Waals surface area (Å²) in [5.41, 5.74) is 2.82. The topological polar surface area (TPSA) is 58.6 Å². The van der Waals surface area contributed by atoms with Crippen LogP contribution in [0.5, 0.6) is 0 Å². The quantitative estimate of drug-likeness (QED) is 0.885. The first kappa shape index (κ1) is 20.1. The number of carbonyl (C=O) groups is 2. The van der Waals surface area contributed by atoms with Crippen LogP contribution in [0.1, 0.15) is 48.4 Å². The maximum Gasteiger partial charge on any atom is 0.251 e. The van der Waals surface area contributed by atoms with Crippen molar-refractivity contribution < 1.29 is 14.3 Å². The van der Waals surface area contributed by atoms with Crippen molar-refractivity contribution in [2.45, 2.75) is 32.3 Å². The van der Waals surface area contributed by atoms with Gasteiger partial charge in [-0.2, -0.15) is 0 Å². The highest BCUT2D eigenvalue weighted by atomic mass is 16.5. The van der Waals surface area contributed by atoms with Gasteiger partial charge >= 0.3 is 0 Å². The van der Waals surface area contributed by atoms with Crippen LogP contribution >= 0.6 is 0 Å². The molecule has 1 aliphatic rings. The highest BCUT2D eigenvalue weighted by Crippen LogP contribution is 2.23. The summed E-state index contributed by atoms with van der Waals surface area (Å²) < 4.78 is 5.80. The van der Waals surface area contributed by atoms with E-state index in [-0.39, 0.29) is 29.9 Å². The molecule has 2 amide bonds. The van der Waals surface area contributed by atoms with Crippen LogP contribution in [0.3, 0.4) is 0 Å². The molecule has 0 bridgehead atoms. The Labute approximate surface area is 166 Å². The molecule has 1 N–H and O–H groups in total. The first-order valence-corrected chi connectivity index (χ1v) is 9.67. The van der Waals surface area contributed by atoms with E-state index in [4.69, 9.17) is 4.74 Å². The molecule has 2 aromatic carbocycles. The summed E-state index contributed by atoms with van der Waals surface area (Å²) in [4.78, 5) is 26.7. The molecule has 0 aliphatic carbocycles. The molecule has 28 heavy (non-hydrogen) atoms. The SMILES string of the molecule is CC(C)(C)c1ccc(C(=O)NCC(=O)N2CCO[C@@H](c3ccccc3)C2)cc1. The summed E-state index contributed by atoms with van der Waals surface area (Å²) in [5, 5.41) is 2.74. The van der Waals surface area contributed by atoms with Gasteiger partial charge in [0.1, 0.15) is 6.10 Å². The normalized spacial score (nSPS) is 17.2. The third-order valence-corrected chi connectivity index (χ3v) is 5.00. The number of hydrogen-bond acceptors (Lipinski definition) is 3. The minimum atomic E-state index is -0.235. The van der Waals surface area contributed by atoms with E-state index in [0.717, 1.165) is 5.56 Å². The molecule has 0 unspecified atom stereocenters. The van der Waals surface area contributed by atoms with Gasteiger partial charge in [0.15, 0.2) is 0 Å². The van der Waals surface area contributed by atoms with E-state index < -0.39 is 0 Å². The zero-order chi connectivity index (χ0) is 20.1. The predicted molar refractivity (Wildman–Crippen MR) is 109 cm³/mol. The predicted octanol–water partition coefficient (Wildman–Crippen LogP) is 3.31. The fraction of sp³-hybridized carbons (Fsp3) is 0.391. The monoisotopic (exact) mass is 380 g/mol. The maximum atomic E-state index is 12.6. The standard InChI is InChI=1S/C23H28N2O3/c1-23(2,3)19-11-9-18(10-12-19)22(27)24-15-21(26)25-13-14-28-20(16-25)17-7-5-4-6-8-17/h4-12,20H,13-16H2,1-3H3,(H,24,27)/t20-/m1/s1. The van der Waals surface area contributed by atoms with E-state index in [9.17, 15) is 9.59 Å². The van der Waals surface area contributed by atoms with Crippen LogP contribution in [0.4, 0.5) is 0 Å². The third-order valence-electron chi connectivity index (χ3n) is 5.00. The van der Waals surface area contributed by atoms with Gasteiger partial charge in [-0.1, -0.05) is 63.2 Å². The molecule has 0 spiro atoms. The van der Waals surface area contributed by atoms with Gasteiger partial charge in [0.2, 0.25) is 5.91 Å². The number of carbonyl (C=O) groups excluding carboxylic acids is 2. The molecule has 2 aromatic rings. The van der Waals surface area contributed by atoms with Crippen LogP contribution in [0.25, 0.3) is 0 Å². The number of hydrogen-bond donors (Lipinski definition) is 1. The van der Waals surface area contributed by atoms with Crippen molar-refractivity contribution in [1.82, 2.24) is 10.2 Å². The molecule has 1 fully saturated rings. The van der Waals surface area contributed by atoms with Gasteiger partial charge in [-0.15, -0.1) is 0 Å². The Morgan fingerprint density at radius 2 is 1.75 bits per heavy atom. The zero-order valence-electron chi connectivity index (χ0n) is 16.8. The van der Waals surface area contributed by atoms with Gasteiger partial charge in [-0.05, 0) is 28.7 Å². The highest BCUT2D eigenvalue weighted by Gasteiger charge is 2.25. The highest BCUT2D eigenvalue weighted by molar-refractivity contribution is 5.96. The number of benzene rings is 2. The van der Waals surface area contributed by atoms with Crippen molar-refractivity contribution in [3.8, 4) is 0 Å². The number of ether oxygens (including phenoxy) is 1. The van der Waals surface area contributed by atoms with Crippen LogP contribution in [0.15, 0.2) is 54.6 Å². The molecule has 5 heteroatoms. The summed E-state index contributed by atoms with van der Waals surface area (Å²) in [6, 6.07) is 17.4. The second-order valence-corrected chi connectivity index (χ2v) is 8.12. The Bertz CT molecular complexity index is 810. The maximum absolute atomic E-state index is 12.6. The first-order chi connectivity index (χ1) is 13.3. The summed E-state index contributed by atoms with van der Waals surface area (Å²) in [5.74, 6) is -0.328. The summed E-state index contributed by atoms with van der Waals surface area (Å²) in [6.07, 6.45) is -0.125. The number of morpholine rings is 1. The van der Waals surface area contributed by atoms with Crippen LogP contribution in [-0.4, -0.2) is 43.0 Å². The number of nitrogens with zero attached hydrogens (tertiary/aromatic N) is 1. The average Bonchev–Trinajstić information content (AvgIpc) is 2.72. The Kier molecular flexibility index (Phi) is 6.15. The minimum absolute atomic E-state index is 0.0125. The molecule has 1 heterocycles. The fourth-order valence-corrected chi connectivity index (χ4v) is 3.24. The average molecular weight is 380 g/mol. The Balaban J connectivity index is 1.54. The second-order valence-electron chi connectivity index (χ2n) is 8.12. The Hall–Kier alpha value is -2.66. The van der Waals surface area contributed by atoms with Gasteiger partial charge in [-0.25, -0.2) is 0 Å². The van der Waals surface area contributed by atoms with Crippen molar-refractivity contribution in [2.24, 2.45) is 0 Å². The molecule has 3 rings (SSSR count). The number of amides is 2. The van der Waals surface area contributed by atoms with Crippen molar-refractivity contribution in [3.63, 3.8) is 0 Å². The van der Waals surface area contributed by atoms with Gasteiger partial charge in [0.05, 0.1) is 19.7 Å². The Morgan fingerprint density at radius 1 is 1.07 bits per heavy atom. The molecule has 148 valence electrons. The van der Waals surface area contributed by atoms with Gasteiger partial charge < -0.3 is 15.0 Å². The lowest BCUT2D eigenvalue weighted by Gasteiger charge is -2.33. The first-order valence-electron chi connectivity index (χ1n) is 9.67. The van der Waals surface area contributed by atoms with E-state index in [2.05, 4.69) is 26.1 Å². The van der Waals surface area contributed by atoms with E-state index >= 15 is 0 Å². The van der Waals surface area contributed by atoms with E-state index in [1.54, 1.807) is 17.0 Å². The fourth-order valence-electron chi connectivity index (χ4n) is 3.24. The molecule has 0 radical (unpaired) electrons. The molecule has 1 aliphatic heterocycles. The molecule has 1 atom stereocenters. The summed E-state index contributed by atoms with van der Waals surface area (Å²) >= 11 is 0.